The summed E-state index contributed by atoms with van der Waals surface area (Å²) in [7, 11) is 0. The average Bonchev–Trinajstić information content (AvgIpc) is 2.73. The number of nitrogens with one attached hydrogen (secondary N) is 1. The molecule has 2 aliphatic heterocycles. The van der Waals surface area contributed by atoms with Crippen LogP contribution in [-0.4, -0.2) is 36.2 Å². The maximum absolute atomic E-state index is 12.9. The van der Waals surface area contributed by atoms with Crippen LogP contribution in [0.2, 0.25) is 5.02 Å². The Labute approximate surface area is 177 Å². The lowest BCUT2D eigenvalue weighted by atomic mass is 9.90. The Bertz CT molecular complexity index is 889. The molecule has 1 amide bonds. The predicted molar refractivity (Wildman–Crippen MR) is 117 cm³/mol. The molecule has 29 heavy (non-hydrogen) atoms. The first-order valence-electron chi connectivity index (χ1n) is 10.5. The zero-order valence-electron chi connectivity index (χ0n) is 16.6. The second-order valence-electron chi connectivity index (χ2n) is 8.15. The smallest absolute Gasteiger partial charge is 0.224 e. The van der Waals surface area contributed by atoms with Crippen molar-refractivity contribution in [3.05, 3.63) is 64.2 Å². The number of ketones is 1. The Kier molecular flexibility index (Phi) is 6.31. The lowest BCUT2D eigenvalue weighted by Gasteiger charge is -2.32. The van der Waals surface area contributed by atoms with Crippen molar-refractivity contribution in [2.45, 2.75) is 38.5 Å². The van der Waals surface area contributed by atoms with Gasteiger partial charge in [-0.1, -0.05) is 48.0 Å². The molecule has 2 aliphatic rings. The summed E-state index contributed by atoms with van der Waals surface area (Å²) < 4.78 is 0. The second-order valence-corrected chi connectivity index (χ2v) is 8.56. The number of benzene rings is 2. The number of halogens is 1. The highest BCUT2D eigenvalue weighted by molar-refractivity contribution is 6.35. The zero-order chi connectivity index (χ0) is 20.2. The summed E-state index contributed by atoms with van der Waals surface area (Å²) in [6.07, 6.45) is 5.02. The third-order valence-electron chi connectivity index (χ3n) is 6.13. The average molecular weight is 411 g/mol. The van der Waals surface area contributed by atoms with Gasteiger partial charge in [0.15, 0.2) is 5.78 Å². The minimum Gasteiger partial charge on any atom is -0.325 e. The van der Waals surface area contributed by atoms with E-state index in [4.69, 9.17) is 11.6 Å². The van der Waals surface area contributed by atoms with E-state index in [2.05, 4.69) is 40.5 Å². The molecule has 5 heteroatoms. The fourth-order valence-corrected chi connectivity index (χ4v) is 4.70. The molecule has 2 heterocycles. The van der Waals surface area contributed by atoms with Crippen LogP contribution in [0.3, 0.4) is 0 Å². The molecule has 152 valence electrons. The lowest BCUT2D eigenvalue weighted by molar-refractivity contribution is -0.116. The van der Waals surface area contributed by atoms with E-state index in [9.17, 15) is 9.59 Å². The summed E-state index contributed by atoms with van der Waals surface area (Å²) in [5, 5.41) is 3.29. The first-order chi connectivity index (χ1) is 14.1. The number of Topliss-reactive ketones (excluding diaryl/α,β-unsaturated/α-hetero) is 1. The number of amides is 1. The molecule has 1 fully saturated rings. The van der Waals surface area contributed by atoms with Crippen LogP contribution in [0.4, 0.5) is 5.69 Å². The molecule has 0 bridgehead atoms. The van der Waals surface area contributed by atoms with Crippen molar-refractivity contribution in [3.8, 4) is 0 Å². The minimum absolute atomic E-state index is 0.0143. The summed E-state index contributed by atoms with van der Waals surface area (Å²) in [6, 6.07) is 14.4. The number of fused-ring (bicyclic) bond motifs is 1. The molecule has 0 radical (unpaired) electrons. The highest BCUT2D eigenvalue weighted by Gasteiger charge is 2.25. The Morgan fingerprint density at radius 2 is 1.83 bits per heavy atom. The maximum atomic E-state index is 12.9. The minimum atomic E-state index is -0.0469. The molecule has 0 atom stereocenters. The summed E-state index contributed by atoms with van der Waals surface area (Å²) in [4.78, 5) is 27.1. The molecule has 0 unspecified atom stereocenters. The zero-order valence-corrected chi connectivity index (χ0v) is 17.4. The van der Waals surface area contributed by atoms with Crippen LogP contribution in [0.5, 0.6) is 0 Å². The quantitative estimate of drug-likeness (QED) is 0.699. The van der Waals surface area contributed by atoms with Gasteiger partial charge in [-0.3, -0.25) is 9.59 Å². The summed E-state index contributed by atoms with van der Waals surface area (Å²) in [5.74, 6) is 0.685. The molecule has 0 aliphatic carbocycles. The van der Waals surface area contributed by atoms with Crippen molar-refractivity contribution in [2.75, 3.05) is 25.0 Å². The number of likely N-dealkylation sites (tertiary alicyclic amines) is 1. The molecule has 0 aromatic heterocycles. The number of nitrogens with zero attached hydrogens (tertiary/aromatic N) is 1. The van der Waals surface area contributed by atoms with E-state index in [1.807, 2.05) is 6.07 Å². The summed E-state index contributed by atoms with van der Waals surface area (Å²) >= 11 is 6.34. The number of aryl methyl sites for hydroxylation is 1. The first-order valence-corrected chi connectivity index (χ1v) is 10.9. The van der Waals surface area contributed by atoms with Gasteiger partial charge in [-0.05, 0) is 61.9 Å². The van der Waals surface area contributed by atoms with Crippen LogP contribution in [-0.2, 0) is 17.6 Å². The number of piperidine rings is 1. The van der Waals surface area contributed by atoms with Crippen molar-refractivity contribution in [2.24, 2.45) is 5.92 Å². The number of carbonyl (C=O) groups is 2. The number of hydrogen-bond acceptors (Lipinski definition) is 3. The van der Waals surface area contributed by atoms with Crippen molar-refractivity contribution in [1.29, 1.82) is 0 Å². The fourth-order valence-electron chi connectivity index (χ4n) is 4.44. The Morgan fingerprint density at radius 1 is 1.07 bits per heavy atom. The van der Waals surface area contributed by atoms with Gasteiger partial charge in [-0.25, -0.2) is 0 Å². The van der Waals surface area contributed by atoms with Crippen molar-refractivity contribution in [3.63, 3.8) is 0 Å². The molecule has 2 aromatic rings. The lowest BCUT2D eigenvalue weighted by Crippen LogP contribution is -2.35. The van der Waals surface area contributed by atoms with E-state index in [1.54, 1.807) is 6.07 Å². The van der Waals surface area contributed by atoms with Crippen LogP contribution in [0.25, 0.3) is 0 Å². The Balaban J connectivity index is 1.31. The number of rotatable bonds is 6. The molecular formula is C24H27ClN2O2. The molecule has 0 saturated carbocycles. The monoisotopic (exact) mass is 410 g/mol. The van der Waals surface area contributed by atoms with Gasteiger partial charge in [0.1, 0.15) is 0 Å². The number of hydrogen-bond donors (Lipinski definition) is 1. The molecule has 4 nitrogen and oxygen atoms in total. The SMILES string of the molecule is O=C1CCc2ccc(Cl)c(C(=O)CCN3CCC(Cc4ccccc4)CC3)c2N1. The molecule has 1 saturated heterocycles. The van der Waals surface area contributed by atoms with Crippen molar-refractivity contribution < 1.29 is 9.59 Å². The topological polar surface area (TPSA) is 49.4 Å². The van der Waals surface area contributed by atoms with Gasteiger partial charge in [0.05, 0.1) is 16.3 Å². The molecular weight excluding hydrogens is 384 g/mol. The first kappa shape index (κ1) is 20.1. The van der Waals surface area contributed by atoms with E-state index in [0.717, 1.165) is 37.5 Å². The highest BCUT2D eigenvalue weighted by atomic mass is 35.5. The highest BCUT2D eigenvalue weighted by Crippen LogP contribution is 2.33. The van der Waals surface area contributed by atoms with Gasteiger partial charge in [-0.2, -0.15) is 0 Å². The summed E-state index contributed by atoms with van der Waals surface area (Å²) in [6.45, 7) is 2.80. The number of carbonyl (C=O) groups excluding carboxylic acids is 2. The second kappa shape index (κ2) is 9.10. The van der Waals surface area contributed by atoms with Crippen molar-refractivity contribution >= 4 is 29.0 Å². The molecule has 1 N–H and O–H groups in total. The van der Waals surface area contributed by atoms with E-state index in [1.165, 1.54) is 18.4 Å². The van der Waals surface area contributed by atoms with E-state index < -0.39 is 0 Å². The molecule has 4 rings (SSSR count). The van der Waals surface area contributed by atoms with Crippen LogP contribution in [0.1, 0.15) is 47.2 Å². The van der Waals surface area contributed by atoms with E-state index in [0.29, 0.717) is 35.5 Å². The standard InChI is InChI=1S/C24H27ClN2O2/c25-20-8-6-19-7-9-22(29)26-24(19)23(20)21(28)12-15-27-13-10-18(11-14-27)16-17-4-2-1-3-5-17/h1-6,8,18H,7,9-16H2,(H,26,29). The number of anilines is 1. The Morgan fingerprint density at radius 3 is 2.59 bits per heavy atom. The summed E-state index contributed by atoms with van der Waals surface area (Å²) in [5.41, 5.74) is 3.52. The van der Waals surface area contributed by atoms with Crippen LogP contribution in [0.15, 0.2) is 42.5 Å². The van der Waals surface area contributed by atoms with Gasteiger partial charge in [-0.15, -0.1) is 0 Å². The normalized spacial score (nSPS) is 17.6. The Hall–Kier alpha value is -2.17. The largest absolute Gasteiger partial charge is 0.325 e. The van der Waals surface area contributed by atoms with Crippen LogP contribution < -0.4 is 5.32 Å². The van der Waals surface area contributed by atoms with E-state index >= 15 is 0 Å². The van der Waals surface area contributed by atoms with Gasteiger partial charge in [0.25, 0.3) is 0 Å². The maximum Gasteiger partial charge on any atom is 0.224 e. The van der Waals surface area contributed by atoms with Gasteiger partial charge >= 0.3 is 0 Å². The van der Waals surface area contributed by atoms with Crippen LogP contribution >= 0.6 is 11.6 Å². The fraction of sp³-hybridized carbons (Fsp3) is 0.417. The molecule has 2 aromatic carbocycles. The third-order valence-corrected chi connectivity index (χ3v) is 6.45. The van der Waals surface area contributed by atoms with E-state index in [-0.39, 0.29) is 11.7 Å². The molecule has 0 spiro atoms. The van der Waals surface area contributed by atoms with Gasteiger partial charge in [0.2, 0.25) is 5.91 Å². The van der Waals surface area contributed by atoms with Gasteiger partial charge in [0, 0.05) is 19.4 Å². The van der Waals surface area contributed by atoms with Gasteiger partial charge < -0.3 is 10.2 Å². The predicted octanol–water partition coefficient (Wildman–Crippen LogP) is 4.75. The van der Waals surface area contributed by atoms with Crippen molar-refractivity contribution in [1.82, 2.24) is 4.90 Å². The third kappa shape index (κ3) is 4.88. The van der Waals surface area contributed by atoms with Crippen LogP contribution in [0, 0.1) is 5.92 Å².